The van der Waals surface area contributed by atoms with Crippen molar-refractivity contribution in [2.75, 3.05) is 47.5 Å². The van der Waals surface area contributed by atoms with Gasteiger partial charge in [-0.25, -0.2) is 4.57 Å². The number of ether oxygens (including phenoxy) is 2. The molecule has 2 atom stereocenters. The zero-order chi connectivity index (χ0) is 56.3. The average molecular weight is 1110 g/mol. The van der Waals surface area contributed by atoms with Crippen LogP contribution in [0.2, 0.25) is 0 Å². The van der Waals surface area contributed by atoms with E-state index in [0.717, 1.165) is 38.5 Å². The van der Waals surface area contributed by atoms with Crippen LogP contribution < -0.4 is 0 Å². The van der Waals surface area contributed by atoms with Gasteiger partial charge in [0.2, 0.25) is 0 Å². The van der Waals surface area contributed by atoms with Gasteiger partial charge in [0.05, 0.1) is 27.7 Å². The highest BCUT2D eigenvalue weighted by Gasteiger charge is 2.27. The molecule has 1 N–H and O–H groups in total. The number of hydrogen-bond acceptors (Lipinski definition) is 7. The monoisotopic (exact) mass is 1110 g/mol. The predicted molar refractivity (Wildman–Crippen MR) is 331 cm³/mol. The number of phosphoric ester groups is 1. The van der Waals surface area contributed by atoms with Crippen molar-refractivity contribution in [2.24, 2.45) is 0 Å². The summed E-state index contributed by atoms with van der Waals surface area (Å²) in [4.78, 5) is 35.8. The van der Waals surface area contributed by atoms with Crippen LogP contribution in [0.1, 0.15) is 367 Å². The Hall–Kier alpha value is -0.990. The summed E-state index contributed by atoms with van der Waals surface area (Å²) in [5.74, 6) is -0.768. The minimum atomic E-state index is -4.38. The van der Waals surface area contributed by atoms with Crippen molar-refractivity contribution in [3.8, 4) is 0 Å². The van der Waals surface area contributed by atoms with Gasteiger partial charge in [-0.05, 0) is 12.8 Å². The summed E-state index contributed by atoms with van der Waals surface area (Å²) in [5, 5.41) is 0. The van der Waals surface area contributed by atoms with Crippen LogP contribution in [0.25, 0.3) is 0 Å². The minimum absolute atomic E-state index is 0.0377. The fraction of sp³-hybridized carbons (Fsp3) is 0.970. The maximum atomic E-state index is 12.9. The third kappa shape index (κ3) is 64.1. The Labute approximate surface area is 480 Å². The lowest BCUT2D eigenvalue weighted by molar-refractivity contribution is -0.870. The molecule has 0 aromatic rings. The summed E-state index contributed by atoms with van der Waals surface area (Å²) in [5.41, 5.74) is 0. The number of likely N-dealkylation sites (N-methyl/N-ethyl adjacent to an activating group) is 1. The summed E-state index contributed by atoms with van der Waals surface area (Å²) >= 11 is 0. The van der Waals surface area contributed by atoms with Gasteiger partial charge in [-0.1, -0.05) is 341 Å². The molecule has 2 unspecified atom stereocenters. The second-order valence-electron chi connectivity index (χ2n) is 24.9. The fourth-order valence-corrected chi connectivity index (χ4v) is 11.4. The van der Waals surface area contributed by atoms with Gasteiger partial charge in [-0.2, -0.15) is 0 Å². The molecule has 0 amide bonds. The molecule has 0 rings (SSSR count). The van der Waals surface area contributed by atoms with E-state index < -0.39 is 26.5 Å². The van der Waals surface area contributed by atoms with Crippen molar-refractivity contribution in [3.05, 3.63) is 0 Å². The fourth-order valence-electron chi connectivity index (χ4n) is 10.6. The Balaban J connectivity index is 3.97. The number of nitrogens with zero attached hydrogens (tertiary/aromatic N) is 1. The van der Waals surface area contributed by atoms with Gasteiger partial charge in [0.1, 0.15) is 19.8 Å². The van der Waals surface area contributed by atoms with Gasteiger partial charge in [0.15, 0.2) is 6.10 Å². The van der Waals surface area contributed by atoms with Crippen molar-refractivity contribution >= 4 is 19.8 Å². The van der Waals surface area contributed by atoms with Crippen LogP contribution in [0.15, 0.2) is 0 Å². The number of rotatable bonds is 65. The standard InChI is InChI=1S/C67H134NO8P/c1-6-8-10-12-14-16-18-20-22-24-26-28-30-31-32-33-34-35-36-37-38-40-42-44-46-48-50-52-54-56-58-60-67(70)76-65(64-75-77(71,72)74-62-61-68(3,4)5)63-73-66(69)59-57-55-53-51-49-47-45-43-41-39-29-27-25-23-21-19-17-15-13-11-9-7-2/h65H,6-64H2,1-5H3/p+1. The van der Waals surface area contributed by atoms with E-state index in [1.807, 2.05) is 21.1 Å². The second kappa shape index (κ2) is 59.6. The van der Waals surface area contributed by atoms with Crippen LogP contribution in [-0.4, -0.2) is 74.9 Å². The topological polar surface area (TPSA) is 108 Å². The van der Waals surface area contributed by atoms with E-state index in [9.17, 15) is 19.0 Å². The average Bonchev–Trinajstić information content (AvgIpc) is 3.39. The van der Waals surface area contributed by atoms with Crippen LogP contribution in [0, 0.1) is 0 Å². The van der Waals surface area contributed by atoms with Crippen LogP contribution in [0.4, 0.5) is 0 Å². The van der Waals surface area contributed by atoms with Gasteiger partial charge in [-0.3, -0.25) is 18.6 Å². The third-order valence-corrected chi connectivity index (χ3v) is 16.9. The molecule has 0 fully saturated rings. The van der Waals surface area contributed by atoms with Gasteiger partial charge in [0.25, 0.3) is 0 Å². The molecule has 460 valence electrons. The van der Waals surface area contributed by atoms with Gasteiger partial charge in [0, 0.05) is 12.8 Å². The minimum Gasteiger partial charge on any atom is -0.462 e. The van der Waals surface area contributed by atoms with E-state index in [0.29, 0.717) is 17.4 Å². The maximum absolute atomic E-state index is 12.9. The van der Waals surface area contributed by atoms with E-state index in [2.05, 4.69) is 13.8 Å². The molecular weight excluding hydrogens is 978 g/mol. The number of hydrogen-bond donors (Lipinski definition) is 1. The summed E-state index contributed by atoms with van der Waals surface area (Å²) in [6, 6.07) is 0. The third-order valence-electron chi connectivity index (χ3n) is 15.9. The Morgan fingerprint density at radius 3 is 0.831 bits per heavy atom. The molecule has 0 saturated carbocycles. The molecule has 0 radical (unpaired) electrons. The van der Waals surface area contributed by atoms with Crippen molar-refractivity contribution < 1.29 is 42.1 Å². The van der Waals surface area contributed by atoms with Crippen molar-refractivity contribution in [3.63, 3.8) is 0 Å². The van der Waals surface area contributed by atoms with Gasteiger partial charge < -0.3 is 18.9 Å². The SMILES string of the molecule is CCCCCCCCCCCCCCCCCCCCCCCCCCCCCCCCCC(=O)OC(COC(=O)CCCCCCCCCCCCCCCCCCCCCCCC)COP(=O)(O)OCC[N+](C)(C)C. The Morgan fingerprint density at radius 1 is 0.351 bits per heavy atom. The molecule has 0 saturated heterocycles. The van der Waals surface area contributed by atoms with E-state index >= 15 is 0 Å². The molecule has 0 aliphatic heterocycles. The zero-order valence-corrected chi connectivity index (χ0v) is 53.4. The first-order chi connectivity index (χ1) is 37.5. The smallest absolute Gasteiger partial charge is 0.462 e. The molecule has 0 heterocycles. The molecule has 77 heavy (non-hydrogen) atoms. The molecular formula is C67H135NO8P+. The first-order valence-corrected chi connectivity index (χ1v) is 35.8. The summed E-state index contributed by atoms with van der Waals surface area (Å²) in [6.07, 6.45) is 70.7. The first kappa shape index (κ1) is 76.0. The molecule has 0 aliphatic rings. The molecule has 0 aliphatic carbocycles. The lowest BCUT2D eigenvalue weighted by atomic mass is 10.0. The summed E-state index contributed by atoms with van der Waals surface area (Å²) < 4.78 is 34.7. The van der Waals surface area contributed by atoms with Crippen LogP contribution >= 0.6 is 7.82 Å². The maximum Gasteiger partial charge on any atom is 0.472 e. The predicted octanol–water partition coefficient (Wildman–Crippen LogP) is 21.8. The molecule has 0 aromatic carbocycles. The number of phosphoric acid groups is 1. The van der Waals surface area contributed by atoms with Crippen molar-refractivity contribution in [1.82, 2.24) is 0 Å². The highest BCUT2D eigenvalue weighted by Crippen LogP contribution is 2.43. The van der Waals surface area contributed by atoms with Crippen molar-refractivity contribution in [1.29, 1.82) is 0 Å². The largest absolute Gasteiger partial charge is 0.472 e. The number of carbonyl (C=O) groups is 2. The summed E-state index contributed by atoms with van der Waals surface area (Å²) in [6.45, 7) is 4.53. The lowest BCUT2D eigenvalue weighted by Gasteiger charge is -2.24. The van der Waals surface area contributed by atoms with E-state index in [1.165, 1.54) is 302 Å². The lowest BCUT2D eigenvalue weighted by Crippen LogP contribution is -2.37. The van der Waals surface area contributed by atoms with Crippen LogP contribution in [0.5, 0.6) is 0 Å². The van der Waals surface area contributed by atoms with Gasteiger partial charge in [-0.15, -0.1) is 0 Å². The number of carbonyl (C=O) groups excluding carboxylic acids is 2. The van der Waals surface area contributed by atoms with E-state index in [1.54, 1.807) is 0 Å². The molecule has 9 nitrogen and oxygen atoms in total. The highest BCUT2D eigenvalue weighted by atomic mass is 31.2. The number of unbranched alkanes of at least 4 members (excludes halogenated alkanes) is 51. The van der Waals surface area contributed by atoms with Crippen LogP contribution in [0.3, 0.4) is 0 Å². The Morgan fingerprint density at radius 2 is 0.584 bits per heavy atom. The molecule has 10 heteroatoms. The summed E-state index contributed by atoms with van der Waals surface area (Å²) in [7, 11) is 1.51. The first-order valence-electron chi connectivity index (χ1n) is 34.3. The molecule has 0 bridgehead atoms. The Kier molecular flexibility index (Phi) is 58.9. The quantitative estimate of drug-likeness (QED) is 0.0278. The Bertz CT molecular complexity index is 1260. The number of quaternary nitrogens is 1. The van der Waals surface area contributed by atoms with Crippen LogP contribution in [-0.2, 0) is 32.7 Å². The van der Waals surface area contributed by atoms with Crippen molar-refractivity contribution in [2.45, 2.75) is 373 Å². The number of esters is 2. The zero-order valence-electron chi connectivity index (χ0n) is 52.5. The molecule has 0 aromatic heterocycles. The van der Waals surface area contributed by atoms with E-state index in [4.69, 9.17) is 18.5 Å². The molecule has 0 spiro atoms. The highest BCUT2D eigenvalue weighted by molar-refractivity contribution is 7.47. The van der Waals surface area contributed by atoms with E-state index in [-0.39, 0.29) is 25.6 Å². The van der Waals surface area contributed by atoms with Gasteiger partial charge >= 0.3 is 19.8 Å². The second-order valence-corrected chi connectivity index (χ2v) is 26.4. The normalized spacial score (nSPS) is 13.1.